The van der Waals surface area contributed by atoms with Crippen molar-refractivity contribution in [1.29, 1.82) is 5.26 Å². The number of aromatic nitrogens is 5. The first-order valence-electron chi connectivity index (χ1n) is 12.9. The second kappa shape index (κ2) is 9.36. The lowest BCUT2D eigenvalue weighted by molar-refractivity contribution is 0.249. The van der Waals surface area contributed by atoms with Crippen molar-refractivity contribution in [3.63, 3.8) is 0 Å². The Labute approximate surface area is 225 Å². The number of nitrogens with zero attached hydrogens (tertiary/aromatic N) is 8. The van der Waals surface area contributed by atoms with Crippen molar-refractivity contribution in [3.05, 3.63) is 70.7 Å². The maximum atomic E-state index is 15.5. The number of piperidine rings is 1. The fourth-order valence-electron chi connectivity index (χ4n) is 5.69. The van der Waals surface area contributed by atoms with Crippen LogP contribution in [0.25, 0.3) is 39.1 Å². The van der Waals surface area contributed by atoms with Crippen LogP contribution < -0.4 is 10.6 Å². The van der Waals surface area contributed by atoms with Gasteiger partial charge in [-0.05, 0) is 56.8 Å². The van der Waals surface area contributed by atoms with Gasteiger partial charge in [0.15, 0.2) is 0 Å². The number of hydrogen-bond acceptors (Lipinski definition) is 6. The topological polar surface area (TPSA) is 87.4 Å². The summed E-state index contributed by atoms with van der Waals surface area (Å²) in [6.45, 7) is 1.70. The van der Waals surface area contributed by atoms with Gasteiger partial charge in [-0.15, -0.1) is 0 Å². The Bertz CT molecular complexity index is 1820. The van der Waals surface area contributed by atoms with Gasteiger partial charge in [-0.25, -0.2) is 19.2 Å². The molecule has 0 radical (unpaired) electrons. The molecule has 6 rings (SSSR count). The normalized spacial score (nSPS) is 14.5. The van der Waals surface area contributed by atoms with Gasteiger partial charge in [-0.1, -0.05) is 12.1 Å². The van der Waals surface area contributed by atoms with Gasteiger partial charge in [0.2, 0.25) is 5.95 Å². The molecule has 1 aliphatic heterocycles. The quantitative estimate of drug-likeness (QED) is 0.356. The maximum absolute atomic E-state index is 15.5. The summed E-state index contributed by atoms with van der Waals surface area (Å²) in [4.78, 5) is 27.0. The van der Waals surface area contributed by atoms with Crippen molar-refractivity contribution in [3.8, 4) is 28.5 Å². The van der Waals surface area contributed by atoms with Crippen LogP contribution in [0.2, 0.25) is 0 Å². The molecule has 2 aromatic carbocycles. The van der Waals surface area contributed by atoms with Crippen molar-refractivity contribution in [1.82, 2.24) is 28.4 Å². The molecule has 0 unspecified atom stereocenters. The van der Waals surface area contributed by atoms with E-state index in [0.717, 1.165) is 37.4 Å². The van der Waals surface area contributed by atoms with Crippen LogP contribution >= 0.6 is 0 Å². The summed E-state index contributed by atoms with van der Waals surface area (Å²) in [6.07, 6.45) is 5.65. The van der Waals surface area contributed by atoms with Gasteiger partial charge in [-0.2, -0.15) is 5.26 Å². The highest BCUT2D eigenvalue weighted by atomic mass is 19.1. The van der Waals surface area contributed by atoms with Crippen LogP contribution in [0, 0.1) is 17.1 Å². The summed E-state index contributed by atoms with van der Waals surface area (Å²) in [5, 5.41) is 9.34. The van der Waals surface area contributed by atoms with Crippen LogP contribution in [0.15, 0.2) is 53.6 Å². The van der Waals surface area contributed by atoms with Gasteiger partial charge in [0, 0.05) is 51.2 Å². The Hall–Kier alpha value is -4.49. The van der Waals surface area contributed by atoms with Gasteiger partial charge in [-0.3, -0.25) is 13.5 Å². The number of anilines is 1. The first kappa shape index (κ1) is 24.8. The third kappa shape index (κ3) is 3.97. The monoisotopic (exact) mass is 524 g/mol. The number of nitriles is 1. The van der Waals surface area contributed by atoms with E-state index in [1.807, 2.05) is 28.8 Å². The molecule has 4 heterocycles. The summed E-state index contributed by atoms with van der Waals surface area (Å²) in [7, 11) is 7.43. The molecule has 0 N–H and O–H groups in total. The molecule has 1 fully saturated rings. The Morgan fingerprint density at radius 1 is 1.05 bits per heavy atom. The smallest absolute Gasteiger partial charge is 0.328 e. The summed E-state index contributed by atoms with van der Waals surface area (Å²) < 4.78 is 20.3. The minimum Gasteiger partial charge on any atom is -0.342 e. The van der Waals surface area contributed by atoms with Crippen LogP contribution in [-0.2, 0) is 14.1 Å². The molecule has 3 aromatic heterocycles. The van der Waals surface area contributed by atoms with E-state index >= 15 is 4.39 Å². The fraction of sp³-hybridized carbons (Fsp3) is 0.310. The number of hydrogen-bond donors (Lipinski definition) is 0. The Balaban J connectivity index is 1.61. The van der Waals surface area contributed by atoms with E-state index in [1.54, 1.807) is 32.4 Å². The van der Waals surface area contributed by atoms with E-state index in [1.165, 1.54) is 15.2 Å². The summed E-state index contributed by atoms with van der Waals surface area (Å²) in [5.41, 5.74) is 4.30. The van der Waals surface area contributed by atoms with E-state index in [9.17, 15) is 10.1 Å². The Kier molecular flexibility index (Phi) is 5.96. The molecule has 1 saturated heterocycles. The zero-order valence-corrected chi connectivity index (χ0v) is 22.4. The zero-order valence-electron chi connectivity index (χ0n) is 22.4. The molecule has 0 amide bonds. The van der Waals surface area contributed by atoms with Crippen molar-refractivity contribution < 1.29 is 4.39 Å². The lowest BCUT2D eigenvalue weighted by Crippen LogP contribution is -2.43. The molecule has 9 nitrogen and oxygen atoms in total. The van der Waals surface area contributed by atoms with Gasteiger partial charge < -0.3 is 9.80 Å². The molecule has 1 aliphatic rings. The molecule has 0 atom stereocenters. The van der Waals surface area contributed by atoms with E-state index in [4.69, 9.17) is 9.97 Å². The lowest BCUT2D eigenvalue weighted by Gasteiger charge is -2.36. The average molecular weight is 525 g/mol. The third-order valence-electron chi connectivity index (χ3n) is 7.90. The second-order valence-electron chi connectivity index (χ2n) is 10.4. The number of imidazole rings is 2. The molecular weight excluding hydrogens is 495 g/mol. The molecule has 198 valence electrons. The van der Waals surface area contributed by atoms with Crippen molar-refractivity contribution in [2.75, 3.05) is 32.1 Å². The molecule has 0 bridgehead atoms. The lowest BCUT2D eigenvalue weighted by atomic mass is 9.98. The van der Waals surface area contributed by atoms with Gasteiger partial charge in [0.1, 0.15) is 17.0 Å². The third-order valence-corrected chi connectivity index (χ3v) is 7.90. The second-order valence-corrected chi connectivity index (χ2v) is 10.4. The highest BCUT2D eigenvalue weighted by Crippen LogP contribution is 2.38. The molecule has 0 aliphatic carbocycles. The largest absolute Gasteiger partial charge is 0.342 e. The predicted octanol–water partition coefficient (Wildman–Crippen LogP) is 3.79. The molecule has 0 spiro atoms. The first-order valence-corrected chi connectivity index (χ1v) is 12.9. The standard InChI is InChI=1S/C29H29FN8O/c1-34(2)21-9-12-37(13-10-21)28-33-25(19-7-5-18(17-31)6-8-19)24(27-32-11-14-38(27)28)20-15-22(30)26-23(16-20)35(3)29(39)36(26)4/h5-8,11,14-16,21H,9-10,12-13H2,1-4H3. The van der Waals surface area contributed by atoms with E-state index in [2.05, 4.69) is 30.0 Å². The van der Waals surface area contributed by atoms with Crippen LogP contribution in [0.4, 0.5) is 10.3 Å². The van der Waals surface area contributed by atoms with Gasteiger partial charge in [0.05, 0.1) is 28.4 Å². The Morgan fingerprint density at radius 3 is 2.44 bits per heavy atom. The zero-order chi connectivity index (χ0) is 27.4. The molecule has 10 heteroatoms. The van der Waals surface area contributed by atoms with Crippen molar-refractivity contribution in [2.24, 2.45) is 14.1 Å². The van der Waals surface area contributed by atoms with Crippen LogP contribution in [0.1, 0.15) is 18.4 Å². The number of halogens is 1. The van der Waals surface area contributed by atoms with E-state index < -0.39 is 5.82 Å². The predicted molar refractivity (Wildman–Crippen MR) is 149 cm³/mol. The summed E-state index contributed by atoms with van der Waals surface area (Å²) in [5.74, 6) is 0.282. The van der Waals surface area contributed by atoms with Crippen LogP contribution in [0.3, 0.4) is 0 Å². The summed E-state index contributed by atoms with van der Waals surface area (Å²) >= 11 is 0. The number of aryl methyl sites for hydroxylation is 2. The van der Waals surface area contributed by atoms with E-state index in [-0.39, 0.29) is 11.2 Å². The van der Waals surface area contributed by atoms with Gasteiger partial charge in [0.25, 0.3) is 0 Å². The fourth-order valence-corrected chi connectivity index (χ4v) is 5.69. The highest BCUT2D eigenvalue weighted by Gasteiger charge is 2.27. The van der Waals surface area contributed by atoms with E-state index in [0.29, 0.717) is 39.6 Å². The molecule has 5 aromatic rings. The van der Waals surface area contributed by atoms with Crippen LogP contribution in [-0.4, -0.2) is 61.6 Å². The first-order chi connectivity index (χ1) is 18.8. The van der Waals surface area contributed by atoms with Crippen molar-refractivity contribution >= 4 is 22.6 Å². The minimum atomic E-state index is -0.493. The number of benzene rings is 2. The summed E-state index contributed by atoms with van der Waals surface area (Å²) in [6, 6.07) is 13.2. The maximum Gasteiger partial charge on any atom is 0.328 e. The van der Waals surface area contributed by atoms with Crippen molar-refractivity contribution in [2.45, 2.75) is 18.9 Å². The van der Waals surface area contributed by atoms with Crippen LogP contribution in [0.5, 0.6) is 0 Å². The molecule has 39 heavy (non-hydrogen) atoms. The highest BCUT2D eigenvalue weighted by molar-refractivity contribution is 5.94. The molecule has 0 saturated carbocycles. The molecular formula is C29H29FN8O. The SMILES string of the molecule is CN(C)C1CCN(c2nc(-c3ccc(C#N)cc3)c(-c3cc(F)c4c(c3)n(C)c(=O)n4C)c3nccn23)CC1. The number of fused-ring (bicyclic) bond motifs is 2. The average Bonchev–Trinajstić information content (AvgIpc) is 3.52. The van der Waals surface area contributed by atoms with Gasteiger partial charge >= 0.3 is 5.69 Å². The number of rotatable bonds is 4. The Morgan fingerprint density at radius 2 is 1.77 bits per heavy atom. The minimum absolute atomic E-state index is 0.249.